The number of halogens is 1. The molecule has 0 saturated heterocycles. The molecule has 0 spiro atoms. The van der Waals surface area contributed by atoms with Gasteiger partial charge in [0.05, 0.1) is 17.1 Å². The molecule has 0 aromatic carbocycles. The molecule has 1 aromatic rings. The minimum absolute atomic E-state index is 0.203. The third kappa shape index (κ3) is 2.15. The lowest BCUT2D eigenvalue weighted by Gasteiger charge is -2.18. The van der Waals surface area contributed by atoms with Gasteiger partial charge in [0.25, 0.3) is 5.56 Å². The van der Waals surface area contributed by atoms with E-state index in [1.807, 2.05) is 12.2 Å². The summed E-state index contributed by atoms with van der Waals surface area (Å²) in [6.07, 6.45) is 6.35. The second-order valence-electron chi connectivity index (χ2n) is 5.87. The Labute approximate surface area is 137 Å². The molecule has 120 valence electrons. The number of hydrogen-bond acceptors (Lipinski definition) is 5. The first-order chi connectivity index (χ1) is 11.1. The minimum atomic E-state index is -0.381. The van der Waals surface area contributed by atoms with Gasteiger partial charge in [-0.2, -0.15) is 0 Å². The molecule has 1 unspecified atom stereocenters. The van der Waals surface area contributed by atoms with E-state index >= 15 is 0 Å². The largest absolute Gasteiger partial charge is 0.397 e. The maximum atomic E-state index is 12.5. The number of aromatic nitrogens is 2. The Kier molecular flexibility index (Phi) is 3.19. The van der Waals surface area contributed by atoms with Crippen molar-refractivity contribution in [3.05, 3.63) is 33.8 Å². The molecule has 7 nitrogen and oxygen atoms in total. The molecule has 0 amide bonds. The van der Waals surface area contributed by atoms with Gasteiger partial charge in [-0.25, -0.2) is 9.67 Å². The summed E-state index contributed by atoms with van der Waals surface area (Å²) in [6, 6.07) is 0. The van der Waals surface area contributed by atoms with Gasteiger partial charge in [0.15, 0.2) is 11.5 Å². The zero-order valence-electron chi connectivity index (χ0n) is 12.5. The molecule has 3 heterocycles. The molecule has 8 heteroatoms. The maximum absolute atomic E-state index is 12.5. The van der Waals surface area contributed by atoms with Crippen LogP contribution in [0, 0.1) is 0 Å². The van der Waals surface area contributed by atoms with E-state index in [1.165, 1.54) is 4.68 Å². The number of hydrogen-bond donors (Lipinski definition) is 2. The van der Waals surface area contributed by atoms with Crippen molar-refractivity contribution in [3.8, 4) is 0 Å². The minimum Gasteiger partial charge on any atom is -0.397 e. The third-order valence-corrected chi connectivity index (χ3v) is 4.79. The van der Waals surface area contributed by atoms with Crippen LogP contribution < -0.4 is 17.0 Å². The lowest BCUT2D eigenvalue weighted by Crippen LogP contribution is -2.22. The van der Waals surface area contributed by atoms with Crippen LogP contribution in [0.4, 0.5) is 11.5 Å². The Bertz CT molecular complexity index is 869. The summed E-state index contributed by atoms with van der Waals surface area (Å²) in [5.74, 6) is 0.333. The normalized spacial score (nSPS) is 24.8. The summed E-state index contributed by atoms with van der Waals surface area (Å²) in [5, 5.41) is 0. The van der Waals surface area contributed by atoms with Gasteiger partial charge in [0, 0.05) is 19.5 Å². The summed E-state index contributed by atoms with van der Waals surface area (Å²) in [6.45, 7) is 1.43. The Balaban J connectivity index is 1.82. The van der Waals surface area contributed by atoms with Crippen molar-refractivity contribution in [1.29, 1.82) is 0 Å². The highest BCUT2D eigenvalue weighted by Gasteiger charge is 2.28. The van der Waals surface area contributed by atoms with Crippen molar-refractivity contribution in [2.45, 2.75) is 31.3 Å². The predicted octanol–water partition coefficient (Wildman–Crippen LogP) is 1.46. The molecular weight excluding hydrogens is 316 g/mol. The van der Waals surface area contributed by atoms with Crippen molar-refractivity contribution in [2.24, 2.45) is 15.7 Å². The fourth-order valence-electron chi connectivity index (χ4n) is 3.20. The molecular formula is C15H17ClN6O. The first-order valence-corrected chi connectivity index (χ1v) is 8.06. The fraction of sp³-hybridized carbons (Fsp3) is 0.400. The highest BCUT2D eigenvalue weighted by atomic mass is 35.5. The van der Waals surface area contributed by atoms with Crippen LogP contribution in [0.25, 0.3) is 0 Å². The van der Waals surface area contributed by atoms with E-state index in [9.17, 15) is 4.79 Å². The highest BCUT2D eigenvalue weighted by molar-refractivity contribution is 6.24. The van der Waals surface area contributed by atoms with E-state index in [-0.39, 0.29) is 16.7 Å². The van der Waals surface area contributed by atoms with Gasteiger partial charge in [0.2, 0.25) is 0 Å². The zero-order valence-corrected chi connectivity index (χ0v) is 13.3. The Morgan fingerprint density at radius 2 is 2.17 bits per heavy atom. The maximum Gasteiger partial charge on any atom is 0.296 e. The molecule has 0 radical (unpaired) electrons. The second-order valence-corrected chi connectivity index (χ2v) is 6.37. The van der Waals surface area contributed by atoms with E-state index < -0.39 is 0 Å². The van der Waals surface area contributed by atoms with Crippen molar-refractivity contribution >= 4 is 34.5 Å². The molecule has 0 saturated carbocycles. The van der Waals surface area contributed by atoms with Crippen molar-refractivity contribution in [2.75, 3.05) is 12.3 Å². The van der Waals surface area contributed by atoms with Gasteiger partial charge in [-0.05, 0) is 30.6 Å². The number of aliphatic imine (C=N–C) groups is 2. The van der Waals surface area contributed by atoms with Crippen LogP contribution in [0.15, 0.2) is 38.2 Å². The monoisotopic (exact) mass is 332 g/mol. The number of allylic oxidation sites excluding steroid dienone is 3. The van der Waals surface area contributed by atoms with Crippen molar-refractivity contribution < 1.29 is 0 Å². The van der Waals surface area contributed by atoms with E-state index in [1.54, 1.807) is 4.68 Å². The van der Waals surface area contributed by atoms with E-state index in [0.29, 0.717) is 30.2 Å². The summed E-state index contributed by atoms with van der Waals surface area (Å²) >= 11 is 6.17. The Hall–Kier alpha value is -2.28. The highest BCUT2D eigenvalue weighted by Crippen LogP contribution is 2.31. The molecule has 3 aliphatic rings. The zero-order chi connectivity index (χ0) is 16.1. The lowest BCUT2D eigenvalue weighted by atomic mass is 9.94. The lowest BCUT2D eigenvalue weighted by molar-refractivity contribution is 0.588. The van der Waals surface area contributed by atoms with Gasteiger partial charge >= 0.3 is 0 Å². The fourth-order valence-corrected chi connectivity index (χ4v) is 3.49. The quantitative estimate of drug-likeness (QED) is 0.601. The number of alkyl halides is 1. The number of nitrogen functional groups attached to an aromatic ring is 1. The topological polar surface area (TPSA) is 104 Å². The molecule has 1 aliphatic carbocycles. The predicted molar refractivity (Wildman–Crippen MR) is 91.6 cm³/mol. The summed E-state index contributed by atoms with van der Waals surface area (Å²) < 4.78 is 3.14. The molecule has 4 rings (SSSR count). The van der Waals surface area contributed by atoms with Crippen LogP contribution in [0.3, 0.4) is 0 Å². The number of nitrogens with two attached hydrogens (primary N) is 2. The molecule has 23 heavy (non-hydrogen) atoms. The first kappa shape index (κ1) is 14.3. The molecule has 0 fully saturated rings. The summed E-state index contributed by atoms with van der Waals surface area (Å²) in [4.78, 5) is 21.4. The van der Waals surface area contributed by atoms with Crippen LogP contribution >= 0.6 is 11.6 Å². The average Bonchev–Trinajstić information content (AvgIpc) is 3.03. The standard InChI is InChI=1S/C15H17ClN6O/c16-12-3-5-21-14(18)13(15(23)22(12)21)20-11-6-8-2-1-4-19-10(8)7-9(11)17/h6-7,12H,1-5,17-18H2/b20-11+. The van der Waals surface area contributed by atoms with E-state index in [0.717, 1.165) is 30.7 Å². The third-order valence-electron chi connectivity index (χ3n) is 4.38. The summed E-state index contributed by atoms with van der Waals surface area (Å²) in [5.41, 5.74) is 14.8. The summed E-state index contributed by atoms with van der Waals surface area (Å²) in [7, 11) is 0. The number of rotatable bonds is 1. The van der Waals surface area contributed by atoms with Crippen molar-refractivity contribution in [3.63, 3.8) is 0 Å². The van der Waals surface area contributed by atoms with Crippen LogP contribution in [-0.2, 0) is 6.54 Å². The first-order valence-electron chi connectivity index (χ1n) is 7.62. The second kappa shape index (κ2) is 5.13. The van der Waals surface area contributed by atoms with Crippen LogP contribution in [-0.4, -0.2) is 27.3 Å². The molecule has 1 atom stereocenters. The van der Waals surface area contributed by atoms with E-state index in [4.69, 9.17) is 23.1 Å². The Morgan fingerprint density at radius 1 is 1.35 bits per heavy atom. The van der Waals surface area contributed by atoms with E-state index in [2.05, 4.69) is 9.98 Å². The van der Waals surface area contributed by atoms with Gasteiger partial charge in [-0.3, -0.25) is 14.5 Å². The number of fused-ring (bicyclic) bond motifs is 2. The van der Waals surface area contributed by atoms with Crippen LogP contribution in [0.1, 0.15) is 24.8 Å². The van der Waals surface area contributed by atoms with Gasteiger partial charge in [-0.1, -0.05) is 11.6 Å². The van der Waals surface area contributed by atoms with Gasteiger partial charge in [-0.15, -0.1) is 0 Å². The average molecular weight is 333 g/mol. The molecule has 1 aromatic heterocycles. The van der Waals surface area contributed by atoms with Gasteiger partial charge < -0.3 is 11.5 Å². The molecule has 0 bridgehead atoms. The number of nitrogens with zero attached hydrogens (tertiary/aromatic N) is 4. The van der Waals surface area contributed by atoms with Crippen LogP contribution in [0.2, 0.25) is 0 Å². The van der Waals surface area contributed by atoms with Crippen molar-refractivity contribution in [1.82, 2.24) is 9.36 Å². The Morgan fingerprint density at radius 3 is 2.96 bits per heavy atom. The van der Waals surface area contributed by atoms with Gasteiger partial charge in [0.1, 0.15) is 5.50 Å². The van der Waals surface area contributed by atoms with Crippen LogP contribution in [0.5, 0.6) is 0 Å². The smallest absolute Gasteiger partial charge is 0.296 e. The number of anilines is 1. The SMILES string of the molecule is NC1=CC2=NCCCC2=C/C1=N\c1c(N)n2n(c1=O)C(Cl)CC2. The molecule has 4 N–H and O–H groups in total. The molecule has 2 aliphatic heterocycles.